The van der Waals surface area contributed by atoms with Gasteiger partial charge in [-0.2, -0.15) is 0 Å². The molecule has 2 heterocycles. The number of nitrogens with two attached hydrogens (primary N) is 1. The lowest BCUT2D eigenvalue weighted by molar-refractivity contribution is 0.596. The van der Waals surface area contributed by atoms with Crippen molar-refractivity contribution < 1.29 is 0 Å². The fourth-order valence-corrected chi connectivity index (χ4v) is 3.89. The highest BCUT2D eigenvalue weighted by Gasteiger charge is 2.18. The van der Waals surface area contributed by atoms with E-state index in [-0.39, 0.29) is 6.04 Å². The molecule has 1 aromatic carbocycles. The van der Waals surface area contributed by atoms with Crippen LogP contribution in [0.3, 0.4) is 0 Å². The second kappa shape index (κ2) is 7.20. The molecule has 138 valence electrons. The maximum atomic E-state index is 6.14. The van der Waals surface area contributed by atoms with Gasteiger partial charge < -0.3 is 5.73 Å². The van der Waals surface area contributed by atoms with E-state index in [0.29, 0.717) is 0 Å². The first-order valence-electron chi connectivity index (χ1n) is 9.51. The van der Waals surface area contributed by atoms with Gasteiger partial charge in [-0.25, -0.2) is 9.97 Å². The second-order valence-electron chi connectivity index (χ2n) is 7.54. The van der Waals surface area contributed by atoms with Crippen molar-refractivity contribution in [3.63, 3.8) is 0 Å². The van der Waals surface area contributed by atoms with Crippen molar-refractivity contribution in [3.05, 3.63) is 52.0 Å². The molecule has 2 N–H and O–H groups in total. The van der Waals surface area contributed by atoms with Crippen molar-refractivity contribution in [2.24, 2.45) is 5.73 Å². The Bertz CT molecular complexity index is 929. The minimum absolute atomic E-state index is 0.239. The molecular formula is C22H30N4. The van der Waals surface area contributed by atoms with E-state index in [9.17, 15) is 0 Å². The monoisotopic (exact) mass is 350 g/mol. The van der Waals surface area contributed by atoms with Crippen LogP contribution in [-0.4, -0.2) is 20.6 Å². The highest BCUT2D eigenvalue weighted by molar-refractivity contribution is 5.79. The van der Waals surface area contributed by atoms with E-state index in [2.05, 4.69) is 64.3 Å². The zero-order valence-corrected chi connectivity index (χ0v) is 16.8. The molecule has 0 saturated carbocycles. The summed E-state index contributed by atoms with van der Waals surface area (Å²) in [4.78, 5) is 9.75. The minimum atomic E-state index is 0.239. The molecule has 1 atom stereocenters. The summed E-state index contributed by atoms with van der Waals surface area (Å²) >= 11 is 0. The van der Waals surface area contributed by atoms with Crippen molar-refractivity contribution in [1.29, 1.82) is 0 Å². The van der Waals surface area contributed by atoms with E-state index < -0.39 is 0 Å². The molecule has 0 bridgehead atoms. The van der Waals surface area contributed by atoms with Crippen molar-refractivity contribution in [1.82, 2.24) is 14.5 Å². The normalized spacial score (nSPS) is 12.7. The Hall–Kier alpha value is -2.20. The van der Waals surface area contributed by atoms with Gasteiger partial charge in [-0.3, -0.25) is 4.57 Å². The van der Waals surface area contributed by atoms with Gasteiger partial charge in [-0.15, -0.1) is 0 Å². The molecule has 1 unspecified atom stereocenters. The Morgan fingerprint density at radius 1 is 1.00 bits per heavy atom. The van der Waals surface area contributed by atoms with Gasteiger partial charge in [0, 0.05) is 11.7 Å². The Morgan fingerprint density at radius 2 is 1.65 bits per heavy atom. The van der Waals surface area contributed by atoms with Crippen molar-refractivity contribution in [2.75, 3.05) is 0 Å². The van der Waals surface area contributed by atoms with Gasteiger partial charge in [0.25, 0.3) is 0 Å². The third-order valence-corrected chi connectivity index (χ3v) is 5.16. The molecule has 0 spiro atoms. The first-order chi connectivity index (χ1) is 12.3. The highest BCUT2D eigenvalue weighted by Crippen LogP contribution is 2.28. The summed E-state index contributed by atoms with van der Waals surface area (Å²) in [6.45, 7) is 12.7. The Labute approximate surface area is 156 Å². The van der Waals surface area contributed by atoms with Gasteiger partial charge in [0.2, 0.25) is 0 Å². The van der Waals surface area contributed by atoms with Crippen LogP contribution >= 0.6 is 0 Å². The van der Waals surface area contributed by atoms with Crippen LogP contribution in [0.2, 0.25) is 0 Å². The summed E-state index contributed by atoms with van der Waals surface area (Å²) in [5, 5.41) is 0. The van der Waals surface area contributed by atoms with Crippen molar-refractivity contribution in [2.45, 2.75) is 66.8 Å². The zero-order valence-electron chi connectivity index (χ0n) is 16.8. The topological polar surface area (TPSA) is 56.7 Å². The van der Waals surface area contributed by atoms with Gasteiger partial charge in [-0.05, 0) is 76.6 Å². The number of hydrogen-bond acceptors (Lipinski definition) is 3. The van der Waals surface area contributed by atoms with Gasteiger partial charge >= 0.3 is 0 Å². The number of hydrogen-bond donors (Lipinski definition) is 1. The van der Waals surface area contributed by atoms with Gasteiger partial charge in [0.15, 0.2) is 5.65 Å². The predicted molar refractivity (Wildman–Crippen MR) is 109 cm³/mol. The van der Waals surface area contributed by atoms with Crippen LogP contribution < -0.4 is 5.73 Å². The lowest BCUT2D eigenvalue weighted by Crippen LogP contribution is -2.19. The number of rotatable bonds is 5. The van der Waals surface area contributed by atoms with E-state index in [1.807, 2.05) is 0 Å². The predicted octanol–water partition coefficient (Wildman–Crippen LogP) is 4.63. The Balaban J connectivity index is 2.20. The molecule has 2 aromatic heterocycles. The molecule has 0 aliphatic heterocycles. The average Bonchev–Trinajstić information content (AvgIpc) is 2.88. The summed E-state index contributed by atoms with van der Waals surface area (Å²) in [5.41, 5.74) is 15.4. The summed E-state index contributed by atoms with van der Waals surface area (Å²) in [5.74, 6) is 0.981. The fourth-order valence-electron chi connectivity index (χ4n) is 3.89. The van der Waals surface area contributed by atoms with E-state index in [0.717, 1.165) is 41.9 Å². The largest absolute Gasteiger partial charge is 0.328 e. The molecule has 0 amide bonds. The van der Waals surface area contributed by atoms with Crippen LogP contribution in [0, 0.1) is 34.6 Å². The number of imidazole rings is 1. The van der Waals surface area contributed by atoms with Crippen LogP contribution in [0.4, 0.5) is 0 Å². The van der Waals surface area contributed by atoms with Gasteiger partial charge in [-0.1, -0.05) is 24.6 Å². The first-order valence-corrected chi connectivity index (χ1v) is 9.51. The van der Waals surface area contributed by atoms with Crippen LogP contribution in [0.25, 0.3) is 16.9 Å². The molecule has 4 nitrogen and oxygen atoms in total. The highest BCUT2D eigenvalue weighted by atomic mass is 15.1. The smallest absolute Gasteiger partial charge is 0.165 e. The lowest BCUT2D eigenvalue weighted by Gasteiger charge is -2.15. The molecule has 4 heteroatoms. The van der Waals surface area contributed by atoms with Crippen LogP contribution in [0.5, 0.6) is 0 Å². The molecular weight excluding hydrogens is 320 g/mol. The Kier molecular flexibility index (Phi) is 5.15. The maximum absolute atomic E-state index is 6.14. The van der Waals surface area contributed by atoms with E-state index in [4.69, 9.17) is 15.7 Å². The maximum Gasteiger partial charge on any atom is 0.165 e. The van der Waals surface area contributed by atoms with Gasteiger partial charge in [0.05, 0.1) is 5.69 Å². The first kappa shape index (κ1) is 18.6. The van der Waals surface area contributed by atoms with Crippen molar-refractivity contribution in [3.8, 4) is 5.69 Å². The molecule has 0 radical (unpaired) electrons. The third-order valence-electron chi connectivity index (χ3n) is 5.16. The van der Waals surface area contributed by atoms with Crippen molar-refractivity contribution >= 4 is 11.2 Å². The molecule has 0 aliphatic rings. The molecule has 3 rings (SSSR count). The van der Waals surface area contributed by atoms with Gasteiger partial charge in [0.1, 0.15) is 11.3 Å². The SMILES string of the molecule is CCC(N)CCc1cc(C)nc2c1nc(C)n2-c1c(C)cc(C)cc1C. The molecule has 0 aliphatic carbocycles. The quantitative estimate of drug-likeness (QED) is 0.730. The van der Waals surface area contributed by atoms with Crippen LogP contribution in [0.1, 0.15) is 53.5 Å². The summed E-state index contributed by atoms with van der Waals surface area (Å²) in [7, 11) is 0. The lowest BCUT2D eigenvalue weighted by atomic mass is 10.0. The number of benzene rings is 1. The summed E-state index contributed by atoms with van der Waals surface area (Å²) in [6.07, 6.45) is 2.92. The number of aryl methyl sites for hydroxylation is 6. The third kappa shape index (κ3) is 3.38. The summed E-state index contributed by atoms with van der Waals surface area (Å²) in [6, 6.07) is 6.86. The second-order valence-corrected chi connectivity index (χ2v) is 7.54. The number of fused-ring (bicyclic) bond motifs is 1. The number of nitrogens with zero attached hydrogens (tertiary/aromatic N) is 3. The van der Waals surface area contributed by atoms with E-state index >= 15 is 0 Å². The molecule has 0 fully saturated rings. The summed E-state index contributed by atoms with van der Waals surface area (Å²) < 4.78 is 2.22. The molecule has 0 saturated heterocycles. The average molecular weight is 351 g/mol. The van der Waals surface area contributed by atoms with Crippen LogP contribution in [-0.2, 0) is 6.42 Å². The Morgan fingerprint density at radius 3 is 2.27 bits per heavy atom. The standard InChI is InChI=1S/C22H30N4/c1-7-19(23)9-8-18-12-16(5)24-22-20(18)25-17(6)26(22)21-14(3)10-13(2)11-15(21)4/h10-12,19H,7-9,23H2,1-6H3. The van der Waals surface area contributed by atoms with E-state index in [1.54, 1.807) is 0 Å². The molecule has 26 heavy (non-hydrogen) atoms. The van der Waals surface area contributed by atoms with Crippen LogP contribution in [0.15, 0.2) is 18.2 Å². The zero-order chi connectivity index (χ0) is 19.0. The van der Waals surface area contributed by atoms with E-state index in [1.165, 1.54) is 27.9 Å². The fraction of sp³-hybridized carbons (Fsp3) is 0.455. The number of aromatic nitrogens is 3. The minimum Gasteiger partial charge on any atom is -0.328 e. The number of pyridine rings is 1. The molecule has 3 aromatic rings.